The molecule has 0 aliphatic heterocycles. The van der Waals surface area contributed by atoms with Gasteiger partial charge in [-0.25, -0.2) is 4.79 Å². The normalized spacial score (nSPS) is 13.2. The van der Waals surface area contributed by atoms with Crippen LogP contribution in [-0.2, 0) is 4.79 Å². The smallest absolute Gasteiger partial charge is 0.314 e. The molecule has 5 heteroatoms. The Balaban J connectivity index is 2.07. The van der Waals surface area contributed by atoms with Gasteiger partial charge in [-0.1, -0.05) is 18.2 Å². The van der Waals surface area contributed by atoms with Crippen LogP contribution in [-0.4, -0.2) is 31.6 Å². The molecule has 0 saturated heterocycles. The maximum atomic E-state index is 11.5. The van der Waals surface area contributed by atoms with Crippen molar-refractivity contribution >= 4 is 11.9 Å². The van der Waals surface area contributed by atoms with Crippen molar-refractivity contribution in [2.45, 2.75) is 13.3 Å². The van der Waals surface area contributed by atoms with Crippen LogP contribution in [0.3, 0.4) is 0 Å². The van der Waals surface area contributed by atoms with Crippen LogP contribution in [0.15, 0.2) is 23.8 Å². The molecule has 1 aliphatic carbocycles. The van der Waals surface area contributed by atoms with E-state index in [1.165, 1.54) is 0 Å². The third-order valence-corrected chi connectivity index (χ3v) is 2.10. The van der Waals surface area contributed by atoms with E-state index < -0.39 is 0 Å². The van der Waals surface area contributed by atoms with Gasteiger partial charge in [0.15, 0.2) is 0 Å². The van der Waals surface area contributed by atoms with E-state index in [0.717, 1.165) is 5.57 Å². The Kier molecular flexibility index (Phi) is 5.11. The van der Waals surface area contributed by atoms with Crippen molar-refractivity contribution in [2.24, 2.45) is 0 Å². The highest BCUT2D eigenvalue weighted by Gasteiger charge is 2.08. The summed E-state index contributed by atoms with van der Waals surface area (Å²) in [6.07, 6.45) is 6.28. The first-order valence-corrected chi connectivity index (χ1v) is 5.39. The van der Waals surface area contributed by atoms with Gasteiger partial charge in [-0.15, -0.1) is 0 Å². The zero-order chi connectivity index (χ0) is 11.8. The molecular weight excluding hydrogens is 206 g/mol. The fourth-order valence-electron chi connectivity index (χ4n) is 1.30. The highest BCUT2D eigenvalue weighted by atomic mass is 16.2. The second-order valence-corrected chi connectivity index (χ2v) is 3.37. The Morgan fingerprint density at radius 3 is 2.62 bits per heavy atom. The molecule has 0 aromatic heterocycles. The summed E-state index contributed by atoms with van der Waals surface area (Å²) in [5, 5.41) is 7.97. The standard InChI is InChI=1S/C11H17N3O2/c1-2-12-11(16)14-8-7-13-10(15)9-5-3-4-6-9/h3-5H,2,6-8H2,1H3,(H,13,15)(H2,12,14,16). The molecule has 0 aromatic carbocycles. The first-order valence-electron chi connectivity index (χ1n) is 5.39. The predicted octanol–water partition coefficient (Wildman–Crippen LogP) is 0.308. The van der Waals surface area contributed by atoms with E-state index >= 15 is 0 Å². The number of carbonyl (C=O) groups excluding carboxylic acids is 2. The van der Waals surface area contributed by atoms with E-state index in [4.69, 9.17) is 0 Å². The molecular formula is C11H17N3O2. The van der Waals surface area contributed by atoms with Crippen LogP contribution in [0.2, 0.25) is 0 Å². The molecule has 0 unspecified atom stereocenters. The zero-order valence-corrected chi connectivity index (χ0v) is 9.38. The SMILES string of the molecule is CCNC(=O)NCCNC(=O)C1=CC=CC1. The average Bonchev–Trinajstić information content (AvgIpc) is 2.78. The number of hydrogen-bond acceptors (Lipinski definition) is 2. The van der Waals surface area contributed by atoms with E-state index in [9.17, 15) is 9.59 Å². The molecule has 5 nitrogen and oxygen atoms in total. The quantitative estimate of drug-likeness (QED) is 0.587. The molecule has 0 bridgehead atoms. The minimum atomic E-state index is -0.210. The second kappa shape index (κ2) is 6.66. The lowest BCUT2D eigenvalue weighted by atomic mass is 10.2. The topological polar surface area (TPSA) is 70.2 Å². The van der Waals surface area contributed by atoms with Crippen LogP contribution < -0.4 is 16.0 Å². The van der Waals surface area contributed by atoms with E-state index in [1.807, 2.05) is 19.1 Å². The van der Waals surface area contributed by atoms with Crippen molar-refractivity contribution in [1.82, 2.24) is 16.0 Å². The van der Waals surface area contributed by atoms with E-state index in [0.29, 0.717) is 26.1 Å². The molecule has 0 saturated carbocycles. The third kappa shape index (κ3) is 4.16. The van der Waals surface area contributed by atoms with Crippen LogP contribution in [0.1, 0.15) is 13.3 Å². The molecule has 0 aromatic rings. The molecule has 16 heavy (non-hydrogen) atoms. The number of amides is 3. The first kappa shape index (κ1) is 12.3. The van der Waals surface area contributed by atoms with Gasteiger partial charge in [-0.2, -0.15) is 0 Å². The van der Waals surface area contributed by atoms with Crippen LogP contribution in [0.5, 0.6) is 0 Å². The molecule has 88 valence electrons. The lowest BCUT2D eigenvalue weighted by Gasteiger charge is -2.07. The summed E-state index contributed by atoms with van der Waals surface area (Å²) in [7, 11) is 0. The van der Waals surface area contributed by atoms with Gasteiger partial charge in [0.05, 0.1) is 0 Å². The molecule has 0 fully saturated rings. The van der Waals surface area contributed by atoms with Gasteiger partial charge in [-0.05, 0) is 13.3 Å². The van der Waals surface area contributed by atoms with Crippen LogP contribution in [0, 0.1) is 0 Å². The number of carbonyl (C=O) groups is 2. The zero-order valence-electron chi connectivity index (χ0n) is 9.38. The van der Waals surface area contributed by atoms with Crippen molar-refractivity contribution in [3.8, 4) is 0 Å². The van der Waals surface area contributed by atoms with Crippen molar-refractivity contribution in [2.75, 3.05) is 19.6 Å². The van der Waals surface area contributed by atoms with Crippen LogP contribution >= 0.6 is 0 Å². The van der Waals surface area contributed by atoms with Gasteiger partial charge in [-0.3, -0.25) is 4.79 Å². The van der Waals surface area contributed by atoms with E-state index in [1.54, 1.807) is 6.08 Å². The number of rotatable bonds is 5. The minimum Gasteiger partial charge on any atom is -0.351 e. The number of nitrogens with one attached hydrogen (secondary N) is 3. The summed E-state index contributed by atoms with van der Waals surface area (Å²) < 4.78 is 0. The summed E-state index contributed by atoms with van der Waals surface area (Å²) >= 11 is 0. The van der Waals surface area contributed by atoms with Crippen LogP contribution in [0.25, 0.3) is 0 Å². The van der Waals surface area contributed by atoms with Gasteiger partial charge >= 0.3 is 6.03 Å². The van der Waals surface area contributed by atoms with E-state index in [-0.39, 0.29) is 11.9 Å². The lowest BCUT2D eigenvalue weighted by molar-refractivity contribution is -0.117. The molecule has 1 rings (SSSR count). The highest BCUT2D eigenvalue weighted by molar-refractivity contribution is 5.94. The van der Waals surface area contributed by atoms with Crippen molar-refractivity contribution < 1.29 is 9.59 Å². The maximum Gasteiger partial charge on any atom is 0.314 e. The van der Waals surface area contributed by atoms with Crippen molar-refractivity contribution in [3.63, 3.8) is 0 Å². The van der Waals surface area contributed by atoms with Crippen LogP contribution in [0.4, 0.5) is 4.79 Å². The Labute approximate surface area is 95.0 Å². The minimum absolute atomic E-state index is 0.0669. The number of urea groups is 1. The first-order chi connectivity index (χ1) is 7.74. The number of hydrogen-bond donors (Lipinski definition) is 3. The van der Waals surface area contributed by atoms with Gasteiger partial charge < -0.3 is 16.0 Å². The Bertz CT molecular complexity index is 321. The second-order valence-electron chi connectivity index (χ2n) is 3.37. The fraction of sp³-hybridized carbons (Fsp3) is 0.455. The average molecular weight is 223 g/mol. The summed E-state index contributed by atoms with van der Waals surface area (Å²) in [5.41, 5.74) is 0.762. The Hall–Kier alpha value is -1.78. The summed E-state index contributed by atoms with van der Waals surface area (Å²) in [6.45, 7) is 3.31. The lowest BCUT2D eigenvalue weighted by Crippen LogP contribution is -2.40. The molecule has 0 spiro atoms. The Morgan fingerprint density at radius 2 is 2.00 bits per heavy atom. The fourth-order valence-corrected chi connectivity index (χ4v) is 1.30. The van der Waals surface area contributed by atoms with E-state index in [2.05, 4.69) is 16.0 Å². The van der Waals surface area contributed by atoms with Crippen molar-refractivity contribution in [1.29, 1.82) is 0 Å². The molecule has 0 heterocycles. The number of allylic oxidation sites excluding steroid dienone is 3. The summed E-state index contributed by atoms with van der Waals surface area (Å²) in [5.74, 6) is -0.0669. The molecule has 3 N–H and O–H groups in total. The maximum absolute atomic E-state index is 11.5. The summed E-state index contributed by atoms with van der Waals surface area (Å²) in [6, 6.07) is -0.210. The van der Waals surface area contributed by atoms with Gasteiger partial charge in [0.25, 0.3) is 0 Å². The highest BCUT2D eigenvalue weighted by Crippen LogP contribution is 2.09. The molecule has 0 radical (unpaired) electrons. The van der Waals surface area contributed by atoms with Gasteiger partial charge in [0.1, 0.15) is 0 Å². The largest absolute Gasteiger partial charge is 0.351 e. The molecule has 1 aliphatic rings. The monoisotopic (exact) mass is 223 g/mol. The summed E-state index contributed by atoms with van der Waals surface area (Å²) in [4.78, 5) is 22.5. The van der Waals surface area contributed by atoms with Gasteiger partial charge in [0, 0.05) is 25.2 Å². The van der Waals surface area contributed by atoms with Gasteiger partial charge in [0.2, 0.25) is 5.91 Å². The Morgan fingerprint density at radius 1 is 1.25 bits per heavy atom. The molecule has 3 amide bonds. The third-order valence-electron chi connectivity index (χ3n) is 2.10. The predicted molar refractivity (Wildman–Crippen MR) is 61.9 cm³/mol. The molecule has 0 atom stereocenters. The van der Waals surface area contributed by atoms with Crippen molar-refractivity contribution in [3.05, 3.63) is 23.8 Å².